The zero-order valence-electron chi connectivity index (χ0n) is 16.6. The molecule has 2 rings (SSSR count). The van der Waals surface area contributed by atoms with Gasteiger partial charge in [0.2, 0.25) is 0 Å². The monoisotopic (exact) mass is 368 g/mol. The van der Waals surface area contributed by atoms with Crippen LogP contribution in [0.15, 0.2) is 48.5 Å². The molecule has 2 amide bonds. The summed E-state index contributed by atoms with van der Waals surface area (Å²) in [6.07, 6.45) is 8.85. The minimum atomic E-state index is -0.468. The molecule has 27 heavy (non-hydrogen) atoms. The Labute approximate surface area is 163 Å². The summed E-state index contributed by atoms with van der Waals surface area (Å²) in [5, 5.41) is 0. The Balaban J connectivity index is 1.96. The van der Waals surface area contributed by atoms with E-state index in [2.05, 4.69) is 19.1 Å². The Hall–Kier alpha value is -2.49. The number of para-hydroxylation sites is 1. The van der Waals surface area contributed by atoms with E-state index < -0.39 is 6.03 Å². The third-order valence-corrected chi connectivity index (χ3v) is 4.85. The lowest BCUT2D eigenvalue weighted by atomic mass is 10.0. The van der Waals surface area contributed by atoms with Crippen molar-refractivity contribution in [1.82, 2.24) is 0 Å². The van der Waals surface area contributed by atoms with Gasteiger partial charge < -0.3 is 10.5 Å². The number of urea groups is 1. The van der Waals surface area contributed by atoms with Gasteiger partial charge in [0.1, 0.15) is 5.75 Å². The second kappa shape index (κ2) is 11.3. The lowest BCUT2D eigenvalue weighted by Crippen LogP contribution is -2.35. The molecule has 0 aliphatic rings. The van der Waals surface area contributed by atoms with E-state index in [1.165, 1.54) is 44.1 Å². The summed E-state index contributed by atoms with van der Waals surface area (Å²) in [6.45, 7) is 2.63. The van der Waals surface area contributed by atoms with E-state index in [0.29, 0.717) is 6.54 Å². The number of primary amides is 1. The average molecular weight is 369 g/mol. The molecule has 0 bridgehead atoms. The summed E-state index contributed by atoms with van der Waals surface area (Å²) >= 11 is 0. The van der Waals surface area contributed by atoms with Crippen molar-refractivity contribution in [2.45, 2.75) is 58.4 Å². The van der Waals surface area contributed by atoms with Crippen molar-refractivity contribution in [3.8, 4) is 5.75 Å². The number of hydrogen-bond donors (Lipinski definition) is 1. The zero-order valence-corrected chi connectivity index (χ0v) is 16.6. The molecule has 0 aliphatic heterocycles. The van der Waals surface area contributed by atoms with Crippen LogP contribution in [0, 0.1) is 0 Å². The number of ether oxygens (including phenoxy) is 1. The van der Waals surface area contributed by atoms with E-state index >= 15 is 0 Å². The number of anilines is 1. The van der Waals surface area contributed by atoms with Gasteiger partial charge in [-0.05, 0) is 36.6 Å². The number of benzene rings is 2. The molecule has 146 valence electrons. The Morgan fingerprint density at radius 1 is 0.963 bits per heavy atom. The van der Waals surface area contributed by atoms with Crippen LogP contribution in [0.25, 0.3) is 0 Å². The van der Waals surface area contributed by atoms with Gasteiger partial charge in [0.15, 0.2) is 0 Å². The van der Waals surface area contributed by atoms with Gasteiger partial charge in [-0.3, -0.25) is 4.90 Å². The van der Waals surface area contributed by atoms with Gasteiger partial charge in [-0.15, -0.1) is 0 Å². The number of amides is 2. The fourth-order valence-electron chi connectivity index (χ4n) is 3.25. The maximum atomic E-state index is 12.0. The van der Waals surface area contributed by atoms with Crippen molar-refractivity contribution in [3.05, 3.63) is 59.7 Å². The highest BCUT2D eigenvalue weighted by Crippen LogP contribution is 2.24. The first kappa shape index (κ1) is 20.8. The van der Waals surface area contributed by atoms with Gasteiger partial charge in [-0.2, -0.15) is 0 Å². The number of carbonyl (C=O) groups is 1. The molecule has 2 N–H and O–H groups in total. The topological polar surface area (TPSA) is 55.6 Å². The first-order valence-electron chi connectivity index (χ1n) is 9.93. The maximum Gasteiger partial charge on any atom is 0.319 e. The number of carbonyl (C=O) groups excluding carboxylic acids is 1. The lowest BCUT2D eigenvalue weighted by Gasteiger charge is -2.22. The molecule has 0 saturated carbocycles. The highest BCUT2D eigenvalue weighted by atomic mass is 16.5. The third kappa shape index (κ3) is 6.63. The summed E-state index contributed by atoms with van der Waals surface area (Å²) in [7, 11) is 1.63. The average Bonchev–Trinajstić information content (AvgIpc) is 2.69. The first-order valence-corrected chi connectivity index (χ1v) is 9.93. The molecule has 2 aromatic rings. The minimum absolute atomic E-state index is 0.385. The summed E-state index contributed by atoms with van der Waals surface area (Å²) in [4.78, 5) is 13.6. The number of rotatable bonds is 11. The fourth-order valence-corrected chi connectivity index (χ4v) is 3.25. The van der Waals surface area contributed by atoms with Crippen molar-refractivity contribution in [1.29, 1.82) is 0 Å². The largest absolute Gasteiger partial charge is 0.496 e. The maximum absolute atomic E-state index is 12.0. The van der Waals surface area contributed by atoms with Crippen LogP contribution >= 0.6 is 0 Å². The van der Waals surface area contributed by atoms with Gasteiger partial charge >= 0.3 is 6.03 Å². The predicted molar refractivity (Wildman–Crippen MR) is 112 cm³/mol. The molecule has 0 fully saturated rings. The van der Waals surface area contributed by atoms with Crippen LogP contribution in [0.2, 0.25) is 0 Å². The Morgan fingerprint density at radius 2 is 1.63 bits per heavy atom. The van der Waals surface area contributed by atoms with Crippen molar-refractivity contribution in [2.24, 2.45) is 5.73 Å². The predicted octanol–water partition coefficient (Wildman–Crippen LogP) is 5.68. The highest BCUT2D eigenvalue weighted by molar-refractivity contribution is 5.90. The number of methoxy groups -OCH3 is 1. The summed E-state index contributed by atoms with van der Waals surface area (Å²) < 4.78 is 5.38. The van der Waals surface area contributed by atoms with Crippen LogP contribution in [-0.2, 0) is 13.0 Å². The highest BCUT2D eigenvalue weighted by Gasteiger charge is 2.15. The normalized spacial score (nSPS) is 10.6. The van der Waals surface area contributed by atoms with Gasteiger partial charge in [-0.25, -0.2) is 4.79 Å². The minimum Gasteiger partial charge on any atom is -0.496 e. The molecule has 0 aliphatic carbocycles. The van der Waals surface area contributed by atoms with Crippen LogP contribution in [-0.4, -0.2) is 13.1 Å². The summed E-state index contributed by atoms with van der Waals surface area (Å²) in [5.41, 5.74) is 8.66. The molecular weight excluding hydrogens is 336 g/mol. The molecular formula is C23H32N2O2. The molecule has 0 radical (unpaired) electrons. The number of aryl methyl sites for hydroxylation is 1. The van der Waals surface area contributed by atoms with Gasteiger partial charge in [0, 0.05) is 11.3 Å². The van der Waals surface area contributed by atoms with Crippen molar-refractivity contribution < 1.29 is 9.53 Å². The quantitative estimate of drug-likeness (QED) is 0.518. The molecule has 4 nitrogen and oxygen atoms in total. The van der Waals surface area contributed by atoms with Crippen molar-refractivity contribution >= 4 is 11.7 Å². The third-order valence-electron chi connectivity index (χ3n) is 4.85. The molecule has 0 saturated heterocycles. The molecule has 0 aromatic heterocycles. The SMILES string of the molecule is CCCCCCCCc1ccc(N(Cc2ccccc2OC)C(N)=O)cc1. The van der Waals surface area contributed by atoms with E-state index in [1.54, 1.807) is 12.0 Å². The molecule has 0 heterocycles. The fraction of sp³-hybridized carbons (Fsp3) is 0.435. The van der Waals surface area contributed by atoms with E-state index in [4.69, 9.17) is 10.5 Å². The van der Waals surface area contributed by atoms with Crippen molar-refractivity contribution in [3.63, 3.8) is 0 Å². The van der Waals surface area contributed by atoms with Gasteiger partial charge in [0.05, 0.1) is 13.7 Å². The van der Waals surface area contributed by atoms with Crippen LogP contribution < -0.4 is 15.4 Å². The smallest absolute Gasteiger partial charge is 0.319 e. The molecule has 0 spiro atoms. The van der Waals surface area contributed by atoms with E-state index in [9.17, 15) is 4.79 Å². The van der Waals surface area contributed by atoms with Crippen LogP contribution in [0.1, 0.15) is 56.6 Å². The first-order chi connectivity index (χ1) is 13.2. The van der Waals surface area contributed by atoms with Crippen LogP contribution in [0.4, 0.5) is 10.5 Å². The lowest BCUT2D eigenvalue weighted by molar-refractivity contribution is 0.253. The van der Waals surface area contributed by atoms with Crippen molar-refractivity contribution in [2.75, 3.05) is 12.0 Å². The van der Waals surface area contributed by atoms with E-state index in [-0.39, 0.29) is 0 Å². The van der Waals surface area contributed by atoms with E-state index in [1.807, 2.05) is 36.4 Å². The number of nitrogens with two attached hydrogens (primary N) is 1. The Bertz CT molecular complexity index is 698. The number of nitrogens with zero attached hydrogens (tertiary/aromatic N) is 1. The number of hydrogen-bond acceptors (Lipinski definition) is 2. The number of unbranched alkanes of at least 4 members (excludes halogenated alkanes) is 5. The van der Waals surface area contributed by atoms with Gasteiger partial charge in [0.25, 0.3) is 0 Å². The molecule has 0 unspecified atom stereocenters. The summed E-state index contributed by atoms with van der Waals surface area (Å²) in [6, 6.07) is 15.4. The zero-order chi connectivity index (χ0) is 19.5. The van der Waals surface area contributed by atoms with E-state index in [0.717, 1.165) is 23.4 Å². The second-order valence-electron chi connectivity index (χ2n) is 6.92. The van der Waals surface area contributed by atoms with Crippen LogP contribution in [0.3, 0.4) is 0 Å². The second-order valence-corrected chi connectivity index (χ2v) is 6.92. The standard InChI is InChI=1S/C23H32N2O2/c1-3-4-5-6-7-8-11-19-14-16-21(17-15-19)25(23(24)26)18-20-12-9-10-13-22(20)27-2/h9-10,12-17H,3-8,11,18H2,1-2H3,(H2,24,26). The Kier molecular flexibility index (Phi) is 8.69. The van der Waals surface area contributed by atoms with Gasteiger partial charge in [-0.1, -0.05) is 69.4 Å². The summed E-state index contributed by atoms with van der Waals surface area (Å²) in [5.74, 6) is 0.753. The molecule has 2 aromatic carbocycles. The molecule has 4 heteroatoms. The van der Waals surface area contributed by atoms with Crippen LogP contribution in [0.5, 0.6) is 5.75 Å². The molecule has 0 atom stereocenters. The Morgan fingerprint density at radius 3 is 2.30 bits per heavy atom.